The first-order valence-corrected chi connectivity index (χ1v) is 12.9. The number of carbonyl (C=O) groups excluding carboxylic acids is 2. The van der Waals surface area contributed by atoms with Crippen molar-refractivity contribution in [3.05, 3.63) is 69.6 Å². The molecule has 7 nitrogen and oxygen atoms in total. The number of nitrogens with zero attached hydrogens (tertiary/aromatic N) is 2. The summed E-state index contributed by atoms with van der Waals surface area (Å²) in [6, 6.07) is 10.5. The van der Waals surface area contributed by atoms with Gasteiger partial charge in [-0.1, -0.05) is 43.2 Å². The van der Waals surface area contributed by atoms with Crippen LogP contribution in [0.5, 0.6) is 0 Å². The summed E-state index contributed by atoms with van der Waals surface area (Å²) < 4.78 is 6.94. The van der Waals surface area contributed by atoms with E-state index in [0.29, 0.717) is 32.2 Å². The van der Waals surface area contributed by atoms with Crippen LogP contribution >= 0.6 is 0 Å². The molecule has 1 saturated heterocycles. The van der Waals surface area contributed by atoms with Crippen LogP contribution in [-0.2, 0) is 16.7 Å². The number of carbonyl (C=O) groups is 2. The highest BCUT2D eigenvalue weighted by Gasteiger charge is 2.41. The van der Waals surface area contributed by atoms with Crippen molar-refractivity contribution in [2.45, 2.75) is 62.9 Å². The topological polar surface area (TPSA) is 80.6 Å². The van der Waals surface area contributed by atoms with Gasteiger partial charge in [-0.15, -0.1) is 0 Å². The van der Waals surface area contributed by atoms with Crippen LogP contribution in [0.4, 0.5) is 0 Å². The van der Waals surface area contributed by atoms with Crippen molar-refractivity contribution in [2.75, 3.05) is 26.8 Å². The number of aromatic nitrogens is 1. The average Bonchev–Trinajstić information content (AvgIpc) is 3.65. The standard InChI is InChI=1S/C28H35N3O4/c1-35-14-13-30-17-23(25(32)24(18-30)27(34)31-16-20-9-10-22(31)15-20)26(33)29-19-28(11-5-6-12-28)21-7-3-2-4-8-21/h2-4,7-8,17-18,20,22H,5-6,9-16,19H2,1H3,(H,29,33). The Balaban J connectivity index is 1.41. The molecule has 2 amide bonds. The third-order valence-corrected chi connectivity index (χ3v) is 8.31. The Morgan fingerprint density at radius 3 is 2.49 bits per heavy atom. The van der Waals surface area contributed by atoms with Crippen LogP contribution in [0.25, 0.3) is 0 Å². The molecule has 0 spiro atoms. The van der Waals surface area contributed by atoms with Gasteiger partial charge in [-0.25, -0.2) is 0 Å². The zero-order valence-corrected chi connectivity index (χ0v) is 20.5. The van der Waals surface area contributed by atoms with E-state index in [1.165, 1.54) is 5.56 Å². The quantitative estimate of drug-likeness (QED) is 0.632. The van der Waals surface area contributed by atoms with Gasteiger partial charge in [-0.2, -0.15) is 0 Å². The van der Waals surface area contributed by atoms with Gasteiger partial charge in [0.05, 0.1) is 6.61 Å². The molecule has 186 valence electrons. The highest BCUT2D eigenvalue weighted by Crippen LogP contribution is 2.40. The molecule has 2 heterocycles. The van der Waals surface area contributed by atoms with Crippen LogP contribution in [0.15, 0.2) is 47.5 Å². The average molecular weight is 478 g/mol. The third-order valence-electron chi connectivity index (χ3n) is 8.31. The lowest BCUT2D eigenvalue weighted by Crippen LogP contribution is -2.43. The van der Waals surface area contributed by atoms with Gasteiger partial charge in [0.1, 0.15) is 11.1 Å². The molecule has 1 aliphatic heterocycles. The first kappa shape index (κ1) is 23.8. The van der Waals surface area contributed by atoms with Crippen molar-refractivity contribution in [3.8, 4) is 0 Å². The molecule has 2 aromatic rings. The van der Waals surface area contributed by atoms with Crippen LogP contribution in [0.1, 0.15) is 71.2 Å². The van der Waals surface area contributed by atoms with E-state index in [1.807, 2.05) is 23.1 Å². The number of fused-ring (bicyclic) bond motifs is 2. The molecular formula is C28H35N3O4. The lowest BCUT2D eigenvalue weighted by atomic mass is 9.79. The minimum atomic E-state index is -0.482. The number of pyridine rings is 1. The molecule has 5 rings (SSSR count). The summed E-state index contributed by atoms with van der Waals surface area (Å²) >= 11 is 0. The number of ether oxygens (including phenoxy) is 1. The second-order valence-electron chi connectivity index (χ2n) is 10.5. The van der Waals surface area contributed by atoms with Crippen LogP contribution in [-0.4, -0.2) is 54.1 Å². The Morgan fingerprint density at radius 2 is 1.83 bits per heavy atom. The Bertz CT molecular complexity index is 1140. The maximum atomic E-state index is 13.4. The highest BCUT2D eigenvalue weighted by molar-refractivity contribution is 5.99. The Labute approximate surface area is 206 Å². The van der Waals surface area contributed by atoms with Gasteiger partial charge in [0.2, 0.25) is 5.43 Å². The Hall–Kier alpha value is -2.93. The Morgan fingerprint density at radius 1 is 1.09 bits per heavy atom. The lowest BCUT2D eigenvalue weighted by molar-refractivity contribution is 0.0701. The number of rotatable bonds is 8. The second-order valence-corrected chi connectivity index (χ2v) is 10.5. The predicted molar refractivity (Wildman–Crippen MR) is 134 cm³/mol. The minimum Gasteiger partial charge on any atom is -0.383 e. The number of methoxy groups -OCH3 is 1. The van der Waals surface area contributed by atoms with E-state index in [-0.39, 0.29) is 28.5 Å². The highest BCUT2D eigenvalue weighted by atomic mass is 16.5. The molecule has 1 N–H and O–H groups in total. The largest absolute Gasteiger partial charge is 0.383 e. The normalized spacial score (nSPS) is 22.5. The van der Waals surface area contributed by atoms with Crippen molar-refractivity contribution in [1.29, 1.82) is 0 Å². The molecule has 1 aromatic carbocycles. The van der Waals surface area contributed by atoms with Crippen LogP contribution in [0.2, 0.25) is 0 Å². The van der Waals surface area contributed by atoms with Crippen LogP contribution in [0, 0.1) is 5.92 Å². The van der Waals surface area contributed by atoms with Crippen molar-refractivity contribution >= 4 is 11.8 Å². The summed E-state index contributed by atoms with van der Waals surface area (Å²) in [5.74, 6) is -0.132. The molecule has 2 unspecified atom stereocenters. The molecular weight excluding hydrogens is 442 g/mol. The summed E-state index contributed by atoms with van der Waals surface area (Å²) in [4.78, 5) is 42.1. The predicted octanol–water partition coefficient (Wildman–Crippen LogP) is 3.36. The fourth-order valence-corrected chi connectivity index (χ4v) is 6.35. The number of nitrogens with one attached hydrogen (secondary N) is 1. The number of piperidine rings is 1. The van der Waals surface area contributed by atoms with Gasteiger partial charge >= 0.3 is 0 Å². The summed E-state index contributed by atoms with van der Waals surface area (Å²) in [6.45, 7) is 2.05. The fourth-order valence-electron chi connectivity index (χ4n) is 6.35. The van der Waals surface area contributed by atoms with Crippen LogP contribution in [0.3, 0.4) is 0 Å². The van der Waals surface area contributed by atoms with E-state index < -0.39 is 11.3 Å². The van der Waals surface area contributed by atoms with Gasteiger partial charge < -0.3 is 19.5 Å². The molecule has 0 radical (unpaired) electrons. The third kappa shape index (κ3) is 4.66. The molecule has 3 fully saturated rings. The number of likely N-dealkylation sites (tertiary alicyclic amines) is 1. The summed E-state index contributed by atoms with van der Waals surface area (Å²) in [7, 11) is 1.60. The summed E-state index contributed by atoms with van der Waals surface area (Å²) in [5.41, 5.74) is 0.735. The molecule has 2 atom stereocenters. The number of hydrogen-bond acceptors (Lipinski definition) is 4. The van der Waals surface area contributed by atoms with E-state index in [1.54, 1.807) is 24.1 Å². The number of amides is 2. The maximum Gasteiger partial charge on any atom is 0.259 e. The van der Waals surface area contributed by atoms with Crippen LogP contribution < -0.4 is 10.7 Å². The molecule has 3 aliphatic rings. The van der Waals surface area contributed by atoms with E-state index in [0.717, 1.165) is 44.9 Å². The molecule has 2 aliphatic carbocycles. The van der Waals surface area contributed by atoms with E-state index >= 15 is 0 Å². The number of hydrogen-bond donors (Lipinski definition) is 1. The molecule has 2 bridgehead atoms. The smallest absolute Gasteiger partial charge is 0.259 e. The lowest BCUT2D eigenvalue weighted by Gasteiger charge is -2.30. The van der Waals surface area contributed by atoms with Crippen molar-refractivity contribution < 1.29 is 14.3 Å². The molecule has 2 saturated carbocycles. The first-order chi connectivity index (χ1) is 17.0. The monoisotopic (exact) mass is 477 g/mol. The zero-order valence-electron chi connectivity index (χ0n) is 20.5. The van der Waals surface area contributed by atoms with Gasteiger partial charge in [-0.05, 0) is 43.6 Å². The molecule has 7 heteroatoms. The maximum absolute atomic E-state index is 13.4. The summed E-state index contributed by atoms with van der Waals surface area (Å²) in [6.07, 6.45) is 10.6. The van der Waals surface area contributed by atoms with E-state index in [2.05, 4.69) is 17.4 Å². The minimum absolute atomic E-state index is 0.0255. The van der Waals surface area contributed by atoms with Gasteiger partial charge in [0.25, 0.3) is 11.8 Å². The van der Waals surface area contributed by atoms with E-state index in [4.69, 9.17) is 4.74 Å². The number of benzene rings is 1. The zero-order chi connectivity index (χ0) is 24.4. The Kier molecular flexibility index (Phi) is 6.78. The van der Waals surface area contributed by atoms with Crippen molar-refractivity contribution in [1.82, 2.24) is 14.8 Å². The molecule has 35 heavy (non-hydrogen) atoms. The van der Waals surface area contributed by atoms with Gasteiger partial charge in [-0.3, -0.25) is 14.4 Å². The van der Waals surface area contributed by atoms with Gasteiger partial charge in [0.15, 0.2) is 0 Å². The van der Waals surface area contributed by atoms with Crippen molar-refractivity contribution in [2.24, 2.45) is 5.92 Å². The summed E-state index contributed by atoms with van der Waals surface area (Å²) in [5, 5.41) is 3.06. The molecule has 1 aromatic heterocycles. The fraction of sp³-hybridized carbons (Fsp3) is 0.536. The SMILES string of the molecule is COCCn1cc(C(=O)NCC2(c3ccccc3)CCCC2)c(=O)c(C(=O)N2CC3CCC2C3)c1. The van der Waals surface area contributed by atoms with E-state index in [9.17, 15) is 14.4 Å². The van der Waals surface area contributed by atoms with Crippen molar-refractivity contribution in [3.63, 3.8) is 0 Å². The van der Waals surface area contributed by atoms with Gasteiger partial charge in [0, 0.05) is 50.6 Å². The first-order valence-electron chi connectivity index (χ1n) is 12.9. The second kappa shape index (κ2) is 9.97.